The van der Waals surface area contributed by atoms with Gasteiger partial charge in [-0.2, -0.15) is 0 Å². The van der Waals surface area contributed by atoms with Gasteiger partial charge in [0.15, 0.2) is 0 Å². The predicted molar refractivity (Wildman–Crippen MR) is 52.7 cm³/mol. The highest BCUT2D eigenvalue weighted by Crippen LogP contribution is 2.23. The second-order valence-corrected chi connectivity index (χ2v) is 4.84. The standard InChI is InChI=1S/C7H6N2S2/c10-11-4-1-6-7(11)5-8-2-3-9-6/h1-3,5H,4H2. The summed E-state index contributed by atoms with van der Waals surface area (Å²) in [5, 5.41) is 0. The van der Waals surface area contributed by atoms with Crippen LogP contribution in [0.2, 0.25) is 0 Å². The Balaban J connectivity index is 2.49. The van der Waals surface area contributed by atoms with Gasteiger partial charge in [-0.15, -0.1) is 0 Å². The van der Waals surface area contributed by atoms with Crippen molar-refractivity contribution in [1.82, 2.24) is 0 Å². The summed E-state index contributed by atoms with van der Waals surface area (Å²) < 4.78 is 0. The molecule has 0 amide bonds. The fraction of sp³-hybridized carbons (Fsp3) is 0.143. The number of hydrogen-bond acceptors (Lipinski definition) is 3. The Morgan fingerprint density at radius 3 is 3.27 bits per heavy atom. The summed E-state index contributed by atoms with van der Waals surface area (Å²) in [5.74, 6) is 0.948. The van der Waals surface area contributed by atoms with Crippen LogP contribution in [0.1, 0.15) is 0 Å². The lowest BCUT2D eigenvalue weighted by Crippen LogP contribution is -1.87. The molecular formula is C7H6N2S2. The van der Waals surface area contributed by atoms with Crippen molar-refractivity contribution in [2.75, 3.05) is 5.75 Å². The highest BCUT2D eigenvalue weighted by atomic mass is 32.8. The van der Waals surface area contributed by atoms with Crippen molar-refractivity contribution < 1.29 is 0 Å². The van der Waals surface area contributed by atoms with Crippen LogP contribution in [-0.2, 0) is 20.6 Å². The highest BCUT2D eigenvalue weighted by Gasteiger charge is 2.15. The van der Waals surface area contributed by atoms with Gasteiger partial charge in [-0.1, -0.05) is 9.45 Å². The molecule has 1 atom stereocenters. The van der Waals surface area contributed by atoms with Crippen LogP contribution in [0.5, 0.6) is 0 Å². The summed E-state index contributed by atoms with van der Waals surface area (Å²) in [6.07, 6.45) is 7.28. The summed E-state index contributed by atoms with van der Waals surface area (Å²) in [7, 11) is -0.0761. The molecule has 4 heteroatoms. The van der Waals surface area contributed by atoms with Gasteiger partial charge < -0.3 is 0 Å². The van der Waals surface area contributed by atoms with Crippen LogP contribution >= 0.6 is 0 Å². The van der Waals surface area contributed by atoms with Gasteiger partial charge in [-0.05, 0) is 17.3 Å². The maximum absolute atomic E-state index is 5.22. The van der Waals surface area contributed by atoms with Gasteiger partial charge in [0.2, 0.25) is 0 Å². The van der Waals surface area contributed by atoms with E-state index in [-0.39, 0.29) is 9.45 Å². The molecule has 2 nitrogen and oxygen atoms in total. The number of aliphatic imine (C=N–C) groups is 2. The average Bonchev–Trinajstić information content (AvgIpc) is 2.25. The molecule has 56 valence electrons. The molecule has 11 heavy (non-hydrogen) atoms. The van der Waals surface area contributed by atoms with Crippen LogP contribution in [0.15, 0.2) is 32.9 Å². The summed E-state index contributed by atoms with van der Waals surface area (Å²) in [4.78, 5) is 9.34. The zero-order chi connectivity index (χ0) is 7.68. The van der Waals surface area contributed by atoms with Crippen molar-refractivity contribution >= 4 is 33.1 Å². The molecule has 0 aromatic heterocycles. The molecule has 1 unspecified atom stereocenters. The first-order valence-corrected chi connectivity index (χ1v) is 5.55. The Labute approximate surface area is 72.0 Å². The molecule has 0 saturated carbocycles. The number of rotatable bonds is 0. The SMILES string of the molecule is S=S1CC=C2N=CC=NC=C21. The first-order valence-electron chi connectivity index (χ1n) is 3.23. The monoisotopic (exact) mass is 182 g/mol. The minimum atomic E-state index is -0.0761. The fourth-order valence-electron chi connectivity index (χ4n) is 0.966. The van der Waals surface area contributed by atoms with Gasteiger partial charge in [-0.25, -0.2) is 0 Å². The fourth-order valence-corrected chi connectivity index (χ4v) is 2.59. The van der Waals surface area contributed by atoms with Crippen LogP contribution in [0.4, 0.5) is 0 Å². The third-order valence-electron chi connectivity index (χ3n) is 1.48. The Kier molecular flexibility index (Phi) is 1.79. The number of fused-ring (bicyclic) bond motifs is 1. The lowest BCUT2D eigenvalue weighted by Gasteiger charge is -1.95. The maximum atomic E-state index is 5.22. The molecule has 2 rings (SSSR count). The molecule has 0 radical (unpaired) electrons. The lowest BCUT2D eigenvalue weighted by molar-refractivity contribution is 1.41. The van der Waals surface area contributed by atoms with Crippen molar-refractivity contribution in [2.45, 2.75) is 0 Å². The van der Waals surface area contributed by atoms with E-state index >= 15 is 0 Å². The summed E-state index contributed by atoms with van der Waals surface area (Å²) in [5.41, 5.74) is 1.01. The van der Waals surface area contributed by atoms with Crippen LogP contribution in [0, 0.1) is 0 Å². The van der Waals surface area contributed by atoms with E-state index in [4.69, 9.17) is 11.2 Å². The van der Waals surface area contributed by atoms with E-state index in [9.17, 15) is 0 Å². The summed E-state index contributed by atoms with van der Waals surface area (Å²) in [6.45, 7) is 0. The largest absolute Gasteiger partial charge is 0.262 e. The zero-order valence-electron chi connectivity index (χ0n) is 5.73. The molecule has 0 aromatic rings. The van der Waals surface area contributed by atoms with E-state index in [2.05, 4.69) is 16.1 Å². The minimum absolute atomic E-state index is 0.0761. The third kappa shape index (κ3) is 1.23. The quantitative estimate of drug-likeness (QED) is 0.547. The second kappa shape index (κ2) is 2.79. The second-order valence-electron chi connectivity index (χ2n) is 2.17. The molecule has 0 N–H and O–H groups in total. The van der Waals surface area contributed by atoms with Crippen LogP contribution < -0.4 is 0 Å². The Hall–Kier alpha value is -0.610. The number of hydrogen-bond donors (Lipinski definition) is 0. The molecule has 0 saturated heterocycles. The van der Waals surface area contributed by atoms with E-state index in [1.807, 2.05) is 6.20 Å². The van der Waals surface area contributed by atoms with E-state index < -0.39 is 0 Å². The molecule has 2 aliphatic heterocycles. The molecule has 2 aliphatic rings. The van der Waals surface area contributed by atoms with Crippen LogP contribution in [0.3, 0.4) is 0 Å². The van der Waals surface area contributed by atoms with Crippen LogP contribution in [0.25, 0.3) is 0 Å². The molecule has 0 aromatic carbocycles. The normalized spacial score (nSPS) is 27.5. The van der Waals surface area contributed by atoms with Crippen molar-refractivity contribution in [3.05, 3.63) is 22.9 Å². The third-order valence-corrected chi connectivity index (χ3v) is 3.71. The van der Waals surface area contributed by atoms with Crippen molar-refractivity contribution in [2.24, 2.45) is 9.98 Å². The molecule has 0 fully saturated rings. The maximum Gasteiger partial charge on any atom is 0.0753 e. The van der Waals surface area contributed by atoms with Gasteiger partial charge >= 0.3 is 0 Å². The molecule has 0 bridgehead atoms. The number of nitrogens with zero attached hydrogens (tertiary/aromatic N) is 2. The van der Waals surface area contributed by atoms with Crippen molar-refractivity contribution in [1.29, 1.82) is 0 Å². The Morgan fingerprint density at radius 2 is 2.36 bits per heavy atom. The van der Waals surface area contributed by atoms with Gasteiger partial charge in [0.1, 0.15) is 0 Å². The summed E-state index contributed by atoms with van der Waals surface area (Å²) >= 11 is 5.22. The molecular weight excluding hydrogens is 176 g/mol. The van der Waals surface area contributed by atoms with Crippen LogP contribution in [-0.4, -0.2) is 18.2 Å². The summed E-state index contributed by atoms with van der Waals surface area (Å²) in [6, 6.07) is 0. The first kappa shape index (κ1) is 7.06. The van der Waals surface area contributed by atoms with Gasteiger partial charge in [0.05, 0.1) is 10.6 Å². The average molecular weight is 182 g/mol. The Bertz CT molecular complexity index is 323. The van der Waals surface area contributed by atoms with E-state index in [0.29, 0.717) is 0 Å². The smallest absolute Gasteiger partial charge is 0.0753 e. The van der Waals surface area contributed by atoms with Crippen molar-refractivity contribution in [3.63, 3.8) is 0 Å². The zero-order valence-corrected chi connectivity index (χ0v) is 7.36. The van der Waals surface area contributed by atoms with Crippen molar-refractivity contribution in [3.8, 4) is 0 Å². The van der Waals surface area contributed by atoms with Gasteiger partial charge in [0.25, 0.3) is 0 Å². The molecule has 0 spiro atoms. The van der Waals surface area contributed by atoms with E-state index in [1.165, 1.54) is 0 Å². The topological polar surface area (TPSA) is 24.7 Å². The lowest BCUT2D eigenvalue weighted by atomic mass is 10.4. The molecule has 2 heterocycles. The van der Waals surface area contributed by atoms with E-state index in [1.54, 1.807) is 12.4 Å². The highest BCUT2D eigenvalue weighted by molar-refractivity contribution is 8.31. The predicted octanol–water partition coefficient (Wildman–Crippen LogP) is 0.961. The Morgan fingerprint density at radius 1 is 1.45 bits per heavy atom. The molecule has 0 aliphatic carbocycles. The minimum Gasteiger partial charge on any atom is -0.262 e. The first-order chi connectivity index (χ1) is 5.38. The van der Waals surface area contributed by atoms with Gasteiger partial charge in [-0.3, -0.25) is 9.98 Å². The van der Waals surface area contributed by atoms with E-state index in [0.717, 1.165) is 16.4 Å². The van der Waals surface area contributed by atoms with Gasteiger partial charge in [0, 0.05) is 24.4 Å².